The normalized spacial score (nSPS) is 11.5. The maximum absolute atomic E-state index is 10.9. The minimum Gasteiger partial charge on any atom is -0.364 e. The number of hydrogen-bond donors (Lipinski definition) is 1. The number of aryl methyl sites for hydroxylation is 1. The predicted molar refractivity (Wildman–Crippen MR) is 47.0 cm³/mol. The van der Waals surface area contributed by atoms with Gasteiger partial charge in [0.1, 0.15) is 10.6 Å². The molecule has 5 nitrogen and oxygen atoms in total. The van der Waals surface area contributed by atoms with Gasteiger partial charge in [0.25, 0.3) is 15.0 Å². The summed E-state index contributed by atoms with van der Waals surface area (Å²) in [5.74, 6) is -0.827. The molecule has 1 heterocycles. The Bertz CT molecular complexity index is 448. The maximum atomic E-state index is 10.9. The lowest BCUT2D eigenvalue weighted by molar-refractivity contribution is 0.0989. The van der Waals surface area contributed by atoms with Crippen LogP contribution in [0.15, 0.2) is 17.2 Å². The summed E-state index contributed by atoms with van der Waals surface area (Å²) < 4.78 is 23.1. The zero-order chi connectivity index (χ0) is 10.2. The molecule has 0 spiro atoms. The predicted octanol–water partition coefficient (Wildman–Crippen LogP) is 0.0515. The first kappa shape index (κ1) is 10.1. The van der Waals surface area contributed by atoms with E-state index in [9.17, 15) is 13.2 Å². The fourth-order valence-corrected chi connectivity index (χ4v) is 2.07. The molecule has 0 aliphatic heterocycles. The number of primary amides is 1. The van der Waals surface area contributed by atoms with E-state index in [4.69, 9.17) is 16.4 Å². The molecular weight excluding hydrogens is 216 g/mol. The van der Waals surface area contributed by atoms with Gasteiger partial charge in [0.05, 0.1) is 0 Å². The van der Waals surface area contributed by atoms with Crippen molar-refractivity contribution in [1.29, 1.82) is 0 Å². The second-order valence-corrected chi connectivity index (χ2v) is 4.98. The Morgan fingerprint density at radius 1 is 1.62 bits per heavy atom. The van der Waals surface area contributed by atoms with E-state index in [1.54, 1.807) is 0 Å². The van der Waals surface area contributed by atoms with Crippen LogP contribution in [0.3, 0.4) is 0 Å². The molecule has 0 unspecified atom stereocenters. The second kappa shape index (κ2) is 3.04. The van der Waals surface area contributed by atoms with Crippen LogP contribution in [0.1, 0.15) is 10.5 Å². The molecule has 0 atom stereocenters. The molecule has 0 saturated heterocycles. The lowest BCUT2D eigenvalue weighted by Crippen LogP contribution is -2.17. The van der Waals surface area contributed by atoms with Gasteiger partial charge in [-0.15, -0.1) is 0 Å². The summed E-state index contributed by atoms with van der Waals surface area (Å²) in [6, 6.07) is 1.22. The first-order valence-electron chi connectivity index (χ1n) is 3.24. The molecule has 0 radical (unpaired) electrons. The monoisotopic (exact) mass is 222 g/mol. The van der Waals surface area contributed by atoms with E-state index >= 15 is 0 Å². The van der Waals surface area contributed by atoms with E-state index in [1.807, 2.05) is 0 Å². The Balaban J connectivity index is 3.49. The number of halogens is 1. The Labute approximate surface area is 79.5 Å². The maximum Gasteiger partial charge on any atom is 0.266 e. The second-order valence-electron chi connectivity index (χ2n) is 2.44. The zero-order valence-corrected chi connectivity index (χ0v) is 8.26. The fourth-order valence-electron chi connectivity index (χ4n) is 0.999. The number of rotatable bonds is 2. The summed E-state index contributed by atoms with van der Waals surface area (Å²) in [6.07, 6.45) is 1.40. The number of amides is 1. The van der Waals surface area contributed by atoms with E-state index in [2.05, 4.69) is 0 Å². The molecule has 0 fully saturated rings. The van der Waals surface area contributed by atoms with Crippen molar-refractivity contribution in [3.63, 3.8) is 0 Å². The third kappa shape index (κ3) is 1.84. The molecule has 0 aliphatic rings. The summed E-state index contributed by atoms with van der Waals surface area (Å²) in [5, 5.41) is 0. The fraction of sp³-hybridized carbons (Fsp3) is 0.167. The van der Waals surface area contributed by atoms with Gasteiger partial charge in [-0.3, -0.25) is 4.79 Å². The third-order valence-electron chi connectivity index (χ3n) is 1.53. The van der Waals surface area contributed by atoms with E-state index in [0.29, 0.717) is 0 Å². The Morgan fingerprint density at radius 3 is 2.46 bits per heavy atom. The minimum absolute atomic E-state index is 0.116. The quantitative estimate of drug-likeness (QED) is 0.718. The zero-order valence-electron chi connectivity index (χ0n) is 6.69. The van der Waals surface area contributed by atoms with Crippen LogP contribution in [0, 0.1) is 0 Å². The molecule has 1 aromatic rings. The lowest BCUT2D eigenvalue weighted by atomic mass is 10.4. The molecule has 1 rings (SSSR count). The molecule has 13 heavy (non-hydrogen) atoms. The minimum atomic E-state index is -3.91. The molecular formula is C6H7ClN2O3S. The highest BCUT2D eigenvalue weighted by atomic mass is 35.7. The van der Waals surface area contributed by atoms with Crippen molar-refractivity contribution in [3.05, 3.63) is 18.0 Å². The van der Waals surface area contributed by atoms with Crippen LogP contribution in [0.4, 0.5) is 0 Å². The number of hydrogen-bond acceptors (Lipinski definition) is 3. The standard InChI is InChI=1S/C6H7ClN2O3S/c1-9-3-2-4(13(7,11)12)5(9)6(8)10/h2-3H,1H3,(H2,8,10). The number of carbonyl (C=O) groups is 1. The Kier molecular flexibility index (Phi) is 2.36. The molecule has 0 aromatic carbocycles. The molecule has 72 valence electrons. The van der Waals surface area contributed by atoms with Gasteiger partial charge in [0.2, 0.25) is 0 Å². The number of carbonyl (C=O) groups excluding carboxylic acids is 1. The topological polar surface area (TPSA) is 82.2 Å². The van der Waals surface area contributed by atoms with Gasteiger partial charge in [0, 0.05) is 23.9 Å². The van der Waals surface area contributed by atoms with Gasteiger partial charge in [-0.1, -0.05) is 0 Å². The van der Waals surface area contributed by atoms with Crippen LogP contribution < -0.4 is 5.73 Å². The van der Waals surface area contributed by atoms with Crippen LogP contribution in [0.5, 0.6) is 0 Å². The first-order valence-corrected chi connectivity index (χ1v) is 5.54. The number of nitrogens with zero attached hydrogens (tertiary/aromatic N) is 1. The molecule has 2 N–H and O–H groups in total. The summed E-state index contributed by atoms with van der Waals surface area (Å²) in [4.78, 5) is 10.6. The van der Waals surface area contributed by atoms with E-state index in [1.165, 1.54) is 23.9 Å². The molecule has 1 amide bonds. The number of nitrogens with two attached hydrogens (primary N) is 1. The summed E-state index contributed by atoms with van der Waals surface area (Å²) in [5.41, 5.74) is 4.86. The molecule has 0 saturated carbocycles. The number of aromatic nitrogens is 1. The largest absolute Gasteiger partial charge is 0.364 e. The lowest BCUT2D eigenvalue weighted by Gasteiger charge is -1.99. The van der Waals surface area contributed by atoms with Crippen molar-refractivity contribution in [1.82, 2.24) is 4.57 Å². The van der Waals surface area contributed by atoms with Gasteiger partial charge < -0.3 is 10.3 Å². The molecule has 7 heteroatoms. The Morgan fingerprint density at radius 2 is 2.15 bits per heavy atom. The van der Waals surface area contributed by atoms with Gasteiger partial charge in [-0.25, -0.2) is 8.42 Å². The average Bonchev–Trinajstić information content (AvgIpc) is 2.28. The third-order valence-corrected chi connectivity index (χ3v) is 2.89. The van der Waals surface area contributed by atoms with Crippen molar-refractivity contribution in [2.75, 3.05) is 0 Å². The van der Waals surface area contributed by atoms with Crippen molar-refractivity contribution in [2.45, 2.75) is 4.90 Å². The van der Waals surface area contributed by atoms with Gasteiger partial charge in [-0.05, 0) is 6.07 Å². The van der Waals surface area contributed by atoms with Gasteiger partial charge >= 0.3 is 0 Å². The average molecular weight is 223 g/mol. The first-order chi connectivity index (χ1) is 5.84. The molecule has 1 aromatic heterocycles. The van der Waals surface area contributed by atoms with Crippen LogP contribution in [0.2, 0.25) is 0 Å². The summed E-state index contributed by atoms with van der Waals surface area (Å²) in [6.45, 7) is 0. The van der Waals surface area contributed by atoms with Crippen molar-refractivity contribution >= 4 is 25.6 Å². The van der Waals surface area contributed by atoms with Gasteiger partial charge in [-0.2, -0.15) is 0 Å². The van der Waals surface area contributed by atoms with Crippen molar-refractivity contribution < 1.29 is 13.2 Å². The van der Waals surface area contributed by atoms with E-state index < -0.39 is 15.0 Å². The summed E-state index contributed by atoms with van der Waals surface area (Å²) >= 11 is 0. The highest BCUT2D eigenvalue weighted by Crippen LogP contribution is 2.19. The highest BCUT2D eigenvalue weighted by molar-refractivity contribution is 8.13. The highest BCUT2D eigenvalue weighted by Gasteiger charge is 2.21. The van der Waals surface area contributed by atoms with Crippen molar-refractivity contribution in [3.8, 4) is 0 Å². The van der Waals surface area contributed by atoms with Crippen LogP contribution >= 0.6 is 10.7 Å². The Hall–Kier alpha value is -1.01. The SMILES string of the molecule is Cn1ccc(S(=O)(=O)Cl)c1C(N)=O. The summed E-state index contributed by atoms with van der Waals surface area (Å²) in [7, 11) is 2.67. The molecule has 0 bridgehead atoms. The van der Waals surface area contributed by atoms with Gasteiger partial charge in [0.15, 0.2) is 0 Å². The molecule has 0 aliphatic carbocycles. The van der Waals surface area contributed by atoms with Crippen molar-refractivity contribution in [2.24, 2.45) is 12.8 Å². The van der Waals surface area contributed by atoms with E-state index in [0.717, 1.165) is 0 Å². The van der Waals surface area contributed by atoms with Crippen LogP contribution in [0.25, 0.3) is 0 Å². The van der Waals surface area contributed by atoms with E-state index in [-0.39, 0.29) is 10.6 Å². The van der Waals surface area contributed by atoms with Crippen LogP contribution in [-0.2, 0) is 16.1 Å². The van der Waals surface area contributed by atoms with Crippen LogP contribution in [-0.4, -0.2) is 18.9 Å². The smallest absolute Gasteiger partial charge is 0.266 e.